The van der Waals surface area contributed by atoms with E-state index in [-0.39, 0.29) is 0 Å². The SMILES string of the molecule is CCCCCCCCCCCCCC(Cc1ccccc1)C(CCCCCCCC)n1ccnc1. The zero-order valence-electron chi connectivity index (χ0n) is 23.3. The third-order valence-corrected chi connectivity index (χ3v) is 7.82. The first-order valence-electron chi connectivity index (χ1n) is 15.4. The summed E-state index contributed by atoms with van der Waals surface area (Å²) in [5, 5.41) is 0. The number of imidazole rings is 1. The molecule has 2 heteroatoms. The molecule has 1 aromatic heterocycles. The number of hydrogen-bond acceptors (Lipinski definition) is 1. The molecule has 0 saturated heterocycles. The maximum Gasteiger partial charge on any atom is 0.0948 e. The standard InChI is InChI=1S/C33H56N2/c1-3-5-7-9-11-12-13-14-15-16-21-25-32(29-31-23-19-18-20-24-31)33(35-28-27-34-30-35)26-22-17-10-8-6-4-2/h18-20,23-24,27-28,30,32-33H,3-17,21-22,25-26,29H2,1-2H3. The number of nitrogens with zero attached hydrogens (tertiary/aromatic N) is 2. The van der Waals surface area contributed by atoms with Crippen molar-refractivity contribution in [1.29, 1.82) is 0 Å². The molecule has 0 aliphatic rings. The Morgan fingerprint density at radius 1 is 0.629 bits per heavy atom. The van der Waals surface area contributed by atoms with Gasteiger partial charge in [-0.15, -0.1) is 0 Å². The molecule has 0 bridgehead atoms. The van der Waals surface area contributed by atoms with Crippen molar-refractivity contribution in [2.24, 2.45) is 5.92 Å². The lowest BCUT2D eigenvalue weighted by atomic mass is 9.84. The predicted molar refractivity (Wildman–Crippen MR) is 154 cm³/mol. The second kappa shape index (κ2) is 20.6. The van der Waals surface area contributed by atoms with E-state index in [0.717, 1.165) is 0 Å². The first kappa shape index (κ1) is 29.7. The molecular weight excluding hydrogens is 424 g/mol. The zero-order valence-corrected chi connectivity index (χ0v) is 23.3. The van der Waals surface area contributed by atoms with Crippen molar-refractivity contribution < 1.29 is 0 Å². The van der Waals surface area contributed by atoms with Crippen LogP contribution >= 0.6 is 0 Å². The third kappa shape index (κ3) is 13.9. The monoisotopic (exact) mass is 480 g/mol. The molecule has 35 heavy (non-hydrogen) atoms. The third-order valence-electron chi connectivity index (χ3n) is 7.82. The van der Waals surface area contributed by atoms with Crippen LogP contribution in [-0.2, 0) is 6.42 Å². The summed E-state index contributed by atoms with van der Waals surface area (Å²) < 4.78 is 2.43. The molecule has 0 radical (unpaired) electrons. The van der Waals surface area contributed by atoms with E-state index in [1.54, 1.807) is 0 Å². The number of unbranched alkanes of at least 4 members (excludes halogenated alkanes) is 15. The predicted octanol–water partition coefficient (Wildman–Crippen LogP) is 10.7. The molecule has 198 valence electrons. The minimum atomic E-state index is 0.576. The quantitative estimate of drug-likeness (QED) is 0.145. The molecule has 2 aromatic rings. The van der Waals surface area contributed by atoms with Crippen LogP contribution in [0.1, 0.15) is 147 Å². The van der Waals surface area contributed by atoms with Crippen LogP contribution in [0.3, 0.4) is 0 Å². The van der Waals surface area contributed by atoms with Crippen molar-refractivity contribution in [3.05, 3.63) is 54.6 Å². The van der Waals surface area contributed by atoms with Crippen LogP contribution in [0.25, 0.3) is 0 Å². The van der Waals surface area contributed by atoms with E-state index in [4.69, 9.17) is 0 Å². The second-order valence-corrected chi connectivity index (χ2v) is 10.9. The van der Waals surface area contributed by atoms with Crippen LogP contribution in [0.4, 0.5) is 0 Å². The average molecular weight is 481 g/mol. The summed E-state index contributed by atoms with van der Waals surface area (Å²) in [6.45, 7) is 4.61. The van der Waals surface area contributed by atoms with Gasteiger partial charge >= 0.3 is 0 Å². The summed E-state index contributed by atoms with van der Waals surface area (Å²) in [5.41, 5.74) is 1.49. The largest absolute Gasteiger partial charge is 0.334 e. The van der Waals surface area contributed by atoms with E-state index in [1.807, 2.05) is 6.20 Å². The number of rotatable bonds is 23. The molecular formula is C33H56N2. The minimum absolute atomic E-state index is 0.576. The zero-order chi connectivity index (χ0) is 24.8. The van der Waals surface area contributed by atoms with Gasteiger partial charge in [-0.1, -0.05) is 153 Å². The van der Waals surface area contributed by atoms with E-state index in [9.17, 15) is 0 Å². The van der Waals surface area contributed by atoms with Gasteiger partial charge in [0.15, 0.2) is 0 Å². The minimum Gasteiger partial charge on any atom is -0.334 e. The highest BCUT2D eigenvalue weighted by atomic mass is 15.1. The molecule has 0 aliphatic heterocycles. The van der Waals surface area contributed by atoms with Gasteiger partial charge < -0.3 is 4.57 Å². The Morgan fingerprint density at radius 2 is 1.14 bits per heavy atom. The number of hydrogen-bond donors (Lipinski definition) is 0. The fourth-order valence-electron chi connectivity index (χ4n) is 5.65. The van der Waals surface area contributed by atoms with Gasteiger partial charge in [0, 0.05) is 18.4 Å². The molecule has 1 aromatic carbocycles. The van der Waals surface area contributed by atoms with Crippen LogP contribution in [0.15, 0.2) is 49.1 Å². The highest BCUT2D eigenvalue weighted by molar-refractivity contribution is 5.15. The van der Waals surface area contributed by atoms with Crippen molar-refractivity contribution >= 4 is 0 Å². The molecule has 0 N–H and O–H groups in total. The number of aromatic nitrogens is 2. The normalized spacial score (nSPS) is 13.2. The topological polar surface area (TPSA) is 17.8 Å². The van der Waals surface area contributed by atoms with Crippen molar-refractivity contribution in [2.75, 3.05) is 0 Å². The maximum atomic E-state index is 4.43. The molecule has 1 heterocycles. The molecule has 0 fully saturated rings. The molecule has 2 nitrogen and oxygen atoms in total. The lowest BCUT2D eigenvalue weighted by Gasteiger charge is -2.29. The Hall–Kier alpha value is -1.57. The highest BCUT2D eigenvalue weighted by Crippen LogP contribution is 2.32. The molecule has 0 saturated carbocycles. The smallest absolute Gasteiger partial charge is 0.0948 e. The summed E-state index contributed by atoms with van der Waals surface area (Å²) in [7, 11) is 0. The van der Waals surface area contributed by atoms with Crippen LogP contribution in [0.2, 0.25) is 0 Å². The lowest BCUT2D eigenvalue weighted by molar-refractivity contribution is 0.275. The Bertz CT molecular complexity index is 678. The fourth-order valence-corrected chi connectivity index (χ4v) is 5.65. The highest BCUT2D eigenvalue weighted by Gasteiger charge is 2.23. The van der Waals surface area contributed by atoms with Gasteiger partial charge in [0.1, 0.15) is 0 Å². The van der Waals surface area contributed by atoms with Gasteiger partial charge in [0.05, 0.1) is 6.33 Å². The van der Waals surface area contributed by atoms with E-state index in [0.29, 0.717) is 12.0 Å². The van der Waals surface area contributed by atoms with Crippen molar-refractivity contribution in [3.8, 4) is 0 Å². The first-order chi connectivity index (χ1) is 17.3. The number of benzene rings is 1. The summed E-state index contributed by atoms with van der Waals surface area (Å²) in [6.07, 6.45) is 33.9. The second-order valence-electron chi connectivity index (χ2n) is 10.9. The molecule has 2 rings (SSSR count). The lowest BCUT2D eigenvalue weighted by Crippen LogP contribution is -2.21. The van der Waals surface area contributed by atoms with Crippen LogP contribution in [-0.4, -0.2) is 9.55 Å². The van der Waals surface area contributed by atoms with Gasteiger partial charge in [-0.25, -0.2) is 4.98 Å². The molecule has 0 aliphatic carbocycles. The Kier molecular flexibility index (Phi) is 17.5. The van der Waals surface area contributed by atoms with Gasteiger partial charge in [-0.2, -0.15) is 0 Å². The Labute approximate surface area is 218 Å². The average Bonchev–Trinajstić information content (AvgIpc) is 3.41. The molecule has 2 unspecified atom stereocenters. The van der Waals surface area contributed by atoms with Crippen LogP contribution in [0, 0.1) is 5.92 Å². The summed E-state index contributed by atoms with van der Waals surface area (Å²) in [5.74, 6) is 0.695. The van der Waals surface area contributed by atoms with Gasteiger partial charge in [-0.05, 0) is 30.7 Å². The fraction of sp³-hybridized carbons (Fsp3) is 0.727. The Balaban J connectivity index is 1.81. The first-order valence-corrected chi connectivity index (χ1v) is 15.4. The molecule has 2 atom stereocenters. The summed E-state index contributed by atoms with van der Waals surface area (Å²) >= 11 is 0. The van der Waals surface area contributed by atoms with E-state index in [1.165, 1.54) is 134 Å². The van der Waals surface area contributed by atoms with Gasteiger partial charge in [-0.3, -0.25) is 0 Å². The van der Waals surface area contributed by atoms with E-state index < -0.39 is 0 Å². The molecule has 0 amide bonds. The van der Waals surface area contributed by atoms with Crippen molar-refractivity contribution in [2.45, 2.75) is 148 Å². The van der Waals surface area contributed by atoms with E-state index in [2.05, 4.69) is 66.3 Å². The van der Waals surface area contributed by atoms with Gasteiger partial charge in [0.2, 0.25) is 0 Å². The Morgan fingerprint density at radius 3 is 1.66 bits per heavy atom. The van der Waals surface area contributed by atoms with Crippen LogP contribution in [0.5, 0.6) is 0 Å². The molecule has 0 spiro atoms. The van der Waals surface area contributed by atoms with Crippen molar-refractivity contribution in [3.63, 3.8) is 0 Å². The maximum absolute atomic E-state index is 4.43. The van der Waals surface area contributed by atoms with Crippen LogP contribution < -0.4 is 0 Å². The van der Waals surface area contributed by atoms with Crippen molar-refractivity contribution in [1.82, 2.24) is 9.55 Å². The summed E-state index contributed by atoms with van der Waals surface area (Å²) in [4.78, 5) is 4.43. The summed E-state index contributed by atoms with van der Waals surface area (Å²) in [6, 6.07) is 11.8. The van der Waals surface area contributed by atoms with Gasteiger partial charge in [0.25, 0.3) is 0 Å². The van der Waals surface area contributed by atoms with E-state index >= 15 is 0 Å².